The van der Waals surface area contributed by atoms with Gasteiger partial charge < -0.3 is 5.32 Å². The van der Waals surface area contributed by atoms with Gasteiger partial charge in [0.2, 0.25) is 0 Å². The first kappa shape index (κ1) is 12.9. The molecule has 0 bridgehead atoms. The minimum Gasteiger partial charge on any atom is -0.322 e. The van der Waals surface area contributed by atoms with Crippen LogP contribution >= 0.6 is 22.9 Å². The van der Waals surface area contributed by atoms with Crippen LogP contribution in [0.15, 0.2) is 12.1 Å². The maximum atomic E-state index is 11.8. The van der Waals surface area contributed by atoms with Crippen LogP contribution in [-0.4, -0.2) is 11.9 Å². The van der Waals surface area contributed by atoms with Crippen molar-refractivity contribution < 1.29 is 9.59 Å². The maximum absolute atomic E-state index is 11.8. The van der Waals surface area contributed by atoms with E-state index in [4.69, 9.17) is 0 Å². The molecule has 1 fully saturated rings. The molecule has 1 aliphatic carbocycles. The van der Waals surface area contributed by atoms with Crippen LogP contribution in [0.4, 0.5) is 4.79 Å². The summed E-state index contributed by atoms with van der Waals surface area (Å²) in [5.74, 6) is -0.269. The van der Waals surface area contributed by atoms with Crippen molar-refractivity contribution in [2.45, 2.75) is 31.8 Å². The third-order valence-electron chi connectivity index (χ3n) is 3.95. The van der Waals surface area contributed by atoms with Gasteiger partial charge in [-0.3, -0.25) is 13.6 Å². The Morgan fingerprint density at radius 1 is 1.32 bits per heavy atom. The minimum atomic E-state index is -0.551. The molecule has 3 N–H and O–H groups in total. The van der Waals surface area contributed by atoms with Gasteiger partial charge in [-0.25, -0.2) is 4.79 Å². The number of rotatable bonds is 2. The molecule has 2 atom stereocenters. The number of carbonyl (C=O) groups is 2. The predicted octanol–water partition coefficient (Wildman–Crippen LogP) is 1.80. The molecular formula is C13H14IN3O2. The van der Waals surface area contributed by atoms with Gasteiger partial charge in [-0.15, -0.1) is 0 Å². The van der Waals surface area contributed by atoms with Gasteiger partial charge in [0.15, 0.2) is 0 Å². The molecule has 0 spiro atoms. The summed E-state index contributed by atoms with van der Waals surface area (Å²) >= 11 is 2.18. The van der Waals surface area contributed by atoms with Crippen LogP contribution in [0, 0.1) is 6.92 Å². The van der Waals surface area contributed by atoms with E-state index in [1.54, 1.807) is 0 Å². The fraction of sp³-hybridized carbons (Fsp3) is 0.385. The summed E-state index contributed by atoms with van der Waals surface area (Å²) < 4.78 is 3.27. The van der Waals surface area contributed by atoms with Crippen LogP contribution in [0.2, 0.25) is 0 Å². The van der Waals surface area contributed by atoms with E-state index in [0.29, 0.717) is 6.04 Å². The second kappa shape index (κ2) is 4.75. The lowest BCUT2D eigenvalue weighted by Crippen LogP contribution is -2.22. The number of fused-ring (bicyclic) bond motifs is 1. The fourth-order valence-corrected chi connectivity index (χ4v) is 3.61. The maximum Gasteiger partial charge on any atom is 0.322 e. The molecule has 0 aromatic heterocycles. The molecule has 1 aromatic rings. The zero-order chi connectivity index (χ0) is 13.6. The van der Waals surface area contributed by atoms with Gasteiger partial charge in [-0.2, -0.15) is 0 Å². The van der Waals surface area contributed by atoms with E-state index >= 15 is 0 Å². The predicted molar refractivity (Wildman–Crippen MR) is 78.8 cm³/mol. The second-order valence-electron chi connectivity index (χ2n) is 4.94. The number of urea groups is 1. The molecule has 0 saturated carbocycles. The normalized spacial score (nSPS) is 25.2. The largest absolute Gasteiger partial charge is 0.322 e. The van der Waals surface area contributed by atoms with Crippen LogP contribution in [0.25, 0.3) is 0 Å². The van der Waals surface area contributed by atoms with Gasteiger partial charge in [-0.1, -0.05) is 12.1 Å². The highest BCUT2D eigenvalue weighted by molar-refractivity contribution is 14.1. The van der Waals surface area contributed by atoms with Crippen molar-refractivity contribution in [3.05, 3.63) is 34.4 Å². The Bertz CT molecular complexity index is 573. The molecule has 1 aliphatic heterocycles. The van der Waals surface area contributed by atoms with Gasteiger partial charge in [0, 0.05) is 28.9 Å². The number of nitrogens with one attached hydrogen (secondary N) is 3. The van der Waals surface area contributed by atoms with E-state index in [1.807, 2.05) is 13.0 Å². The highest BCUT2D eigenvalue weighted by Gasteiger charge is 2.34. The topological polar surface area (TPSA) is 70.2 Å². The Hall–Kier alpha value is -1.15. The molecule has 1 aromatic carbocycles. The van der Waals surface area contributed by atoms with Crippen LogP contribution in [0.5, 0.6) is 0 Å². The molecular weight excluding hydrogens is 357 g/mol. The number of hydrogen-bond donors (Lipinski definition) is 3. The molecule has 6 heteroatoms. The molecule has 1 unspecified atom stereocenters. The van der Waals surface area contributed by atoms with Crippen molar-refractivity contribution in [2.75, 3.05) is 0 Å². The van der Waals surface area contributed by atoms with Crippen LogP contribution < -0.4 is 14.2 Å². The SMILES string of the molecule is Cc1c(C2NC(=O)NC2=O)ccc2c1CC[C@@H]2NI. The summed E-state index contributed by atoms with van der Waals surface area (Å²) in [4.78, 5) is 23.0. The Labute approximate surface area is 125 Å². The number of hydrogen-bond acceptors (Lipinski definition) is 3. The number of benzene rings is 1. The second-order valence-corrected chi connectivity index (χ2v) is 5.57. The molecule has 100 valence electrons. The van der Waals surface area contributed by atoms with E-state index in [2.05, 4.69) is 43.1 Å². The summed E-state index contributed by atoms with van der Waals surface area (Å²) in [5, 5.41) is 4.94. The van der Waals surface area contributed by atoms with Crippen molar-refractivity contribution in [2.24, 2.45) is 0 Å². The molecule has 3 rings (SSSR count). The van der Waals surface area contributed by atoms with Crippen LogP contribution in [-0.2, 0) is 11.2 Å². The minimum absolute atomic E-state index is 0.269. The standard InChI is InChI=1S/C13H14IN3O2/c1-6-7-4-5-10(17-14)9(7)3-2-8(6)11-12(18)16-13(19)15-11/h2-3,10-11,17H,4-5H2,1H3,(H2,15,16,18,19)/t10-,11?/m0/s1. The van der Waals surface area contributed by atoms with Crippen molar-refractivity contribution in [1.29, 1.82) is 0 Å². The van der Waals surface area contributed by atoms with Gasteiger partial charge in [0.1, 0.15) is 6.04 Å². The summed E-state index contributed by atoms with van der Waals surface area (Å²) in [5.41, 5.74) is 4.63. The Balaban J connectivity index is 2.01. The third kappa shape index (κ3) is 2.02. The summed E-state index contributed by atoms with van der Waals surface area (Å²) in [6.07, 6.45) is 2.09. The van der Waals surface area contributed by atoms with E-state index in [0.717, 1.165) is 24.0 Å². The monoisotopic (exact) mass is 371 g/mol. The molecule has 1 heterocycles. The van der Waals surface area contributed by atoms with Crippen LogP contribution in [0.1, 0.15) is 40.8 Å². The van der Waals surface area contributed by atoms with Crippen molar-refractivity contribution in [3.8, 4) is 0 Å². The molecule has 1 saturated heterocycles. The molecule has 3 amide bonds. The average Bonchev–Trinajstić information content (AvgIpc) is 2.93. The molecule has 19 heavy (non-hydrogen) atoms. The van der Waals surface area contributed by atoms with E-state index in [1.165, 1.54) is 11.1 Å². The zero-order valence-corrected chi connectivity index (χ0v) is 12.6. The first-order valence-corrected chi connectivity index (χ1v) is 7.29. The van der Waals surface area contributed by atoms with Crippen molar-refractivity contribution in [3.63, 3.8) is 0 Å². The zero-order valence-electron chi connectivity index (χ0n) is 10.4. The van der Waals surface area contributed by atoms with Gasteiger partial charge >= 0.3 is 6.03 Å². The smallest absolute Gasteiger partial charge is 0.322 e. The van der Waals surface area contributed by atoms with E-state index in [-0.39, 0.29) is 5.91 Å². The fourth-order valence-electron chi connectivity index (χ4n) is 2.96. The highest BCUT2D eigenvalue weighted by Crippen LogP contribution is 2.36. The summed E-state index contributed by atoms with van der Waals surface area (Å²) in [6.45, 7) is 2.03. The number of amides is 3. The van der Waals surface area contributed by atoms with Crippen molar-refractivity contribution >= 4 is 34.8 Å². The molecule has 2 aliphatic rings. The Kier molecular flexibility index (Phi) is 3.22. The quantitative estimate of drug-likeness (QED) is 0.422. The number of halogens is 1. The molecule has 5 nitrogen and oxygen atoms in total. The lowest BCUT2D eigenvalue weighted by Gasteiger charge is -2.16. The van der Waals surface area contributed by atoms with E-state index in [9.17, 15) is 9.59 Å². The van der Waals surface area contributed by atoms with E-state index < -0.39 is 12.1 Å². The highest BCUT2D eigenvalue weighted by atomic mass is 127. The first-order valence-electron chi connectivity index (χ1n) is 6.21. The average molecular weight is 371 g/mol. The number of imide groups is 1. The van der Waals surface area contributed by atoms with Gasteiger partial charge in [0.25, 0.3) is 5.91 Å². The van der Waals surface area contributed by atoms with Crippen molar-refractivity contribution in [1.82, 2.24) is 14.2 Å². The first-order chi connectivity index (χ1) is 9.11. The van der Waals surface area contributed by atoms with Crippen LogP contribution in [0.3, 0.4) is 0 Å². The molecule has 0 radical (unpaired) electrons. The Morgan fingerprint density at radius 3 is 2.68 bits per heavy atom. The Morgan fingerprint density at radius 2 is 2.05 bits per heavy atom. The lowest BCUT2D eigenvalue weighted by molar-refractivity contribution is -0.120. The lowest BCUT2D eigenvalue weighted by atomic mass is 9.94. The summed E-state index contributed by atoms with van der Waals surface area (Å²) in [7, 11) is 0. The van der Waals surface area contributed by atoms with Gasteiger partial charge in [0.05, 0.1) is 0 Å². The number of carbonyl (C=O) groups excluding carboxylic acids is 2. The van der Waals surface area contributed by atoms with Gasteiger partial charge in [-0.05, 0) is 42.0 Å². The third-order valence-corrected chi connectivity index (χ3v) is 4.70. The summed E-state index contributed by atoms with van der Waals surface area (Å²) in [6, 6.07) is 3.44.